The molecule has 0 heterocycles. The van der Waals surface area contributed by atoms with E-state index in [4.69, 9.17) is 35.7 Å². The lowest BCUT2D eigenvalue weighted by Crippen LogP contribution is -2.41. The molecule has 8 heteroatoms. The van der Waals surface area contributed by atoms with E-state index >= 15 is 0 Å². The van der Waals surface area contributed by atoms with Gasteiger partial charge in [-0.2, -0.15) is 5.76 Å². The minimum atomic E-state index is -2.23. The predicted molar refractivity (Wildman–Crippen MR) is 41.9 cm³/mol. The maximum absolute atomic E-state index is 10.7. The fraction of sp³-hybridized carbons (Fsp3) is 0.571. The Morgan fingerprint density at radius 1 is 1.20 bits per heavy atom. The van der Waals surface area contributed by atoms with Gasteiger partial charge in [0.15, 0.2) is 0 Å². The smallest absolute Gasteiger partial charge is 0.104 e. The predicted octanol–water partition coefficient (Wildman–Crippen LogP) is -3.57. The Balaban J connectivity index is 4.70. The van der Waals surface area contributed by atoms with E-state index in [1.54, 1.807) is 0 Å². The molecule has 0 aliphatic heterocycles. The highest BCUT2D eigenvalue weighted by Gasteiger charge is 2.23. The molecule has 0 aromatic heterocycles. The van der Waals surface area contributed by atoms with E-state index < -0.39 is 42.7 Å². The van der Waals surface area contributed by atoms with Gasteiger partial charge in [0.1, 0.15) is 6.10 Å². The summed E-state index contributed by atoms with van der Waals surface area (Å²) in [5, 5.41) is 71.4. The van der Waals surface area contributed by atoms with E-state index in [2.05, 4.69) is 0 Å². The minimum Gasteiger partial charge on any atom is -0.894 e. The molecule has 0 aromatic carbocycles. The quantitative estimate of drug-likeness (QED) is 0.186. The third-order valence-corrected chi connectivity index (χ3v) is 1.62. The Hall–Kier alpha value is -1.03. The average molecular weight is 224 g/mol. The summed E-state index contributed by atoms with van der Waals surface area (Å²) < 4.78 is 0. The Bertz CT molecular complexity index is 225. The summed E-state index contributed by atoms with van der Waals surface area (Å²) in [4.78, 5) is 0. The van der Waals surface area contributed by atoms with Crippen LogP contribution in [-0.4, -0.2) is 60.7 Å². The topological polar surface area (TPSA) is 165 Å². The molecule has 0 rings (SSSR count). The monoisotopic (exact) mass is 224 g/mol. The van der Waals surface area contributed by atoms with Crippen LogP contribution in [-0.2, 0) is 0 Å². The number of aliphatic hydroxyl groups excluding tert-OH is 6. The van der Waals surface area contributed by atoms with Crippen LogP contribution in [0, 0.1) is 6.29 Å². The van der Waals surface area contributed by atoms with Crippen molar-refractivity contribution in [3.8, 4) is 0 Å². The molecule has 0 aromatic rings. The van der Waals surface area contributed by atoms with Crippen molar-refractivity contribution in [1.82, 2.24) is 0 Å². The summed E-state index contributed by atoms with van der Waals surface area (Å²) in [5.41, 5.74) is 0. The van der Waals surface area contributed by atoms with E-state index in [-0.39, 0.29) is 0 Å². The van der Waals surface area contributed by atoms with Crippen molar-refractivity contribution < 1.29 is 40.9 Å². The van der Waals surface area contributed by atoms with Gasteiger partial charge in [-0.25, -0.2) is 0 Å². The van der Waals surface area contributed by atoms with Gasteiger partial charge in [0.2, 0.25) is 0 Å². The summed E-state index contributed by atoms with van der Waals surface area (Å²) in [6.45, 7) is -0.908. The molecule has 0 unspecified atom stereocenters. The zero-order valence-corrected chi connectivity index (χ0v) is 7.48. The third-order valence-electron chi connectivity index (χ3n) is 1.62. The zero-order chi connectivity index (χ0) is 12.2. The fourth-order valence-corrected chi connectivity index (χ4v) is 0.729. The minimum absolute atomic E-state index is 0.908. The molecule has 0 saturated heterocycles. The SMILES string of the molecule is [O-]C(=C(O)[C@@H](O)[C@H](O)[C@H](O)CO)[C-](O)O. The van der Waals surface area contributed by atoms with Crippen LogP contribution >= 0.6 is 0 Å². The summed E-state index contributed by atoms with van der Waals surface area (Å²) in [7, 11) is 0. The van der Waals surface area contributed by atoms with E-state index in [0.717, 1.165) is 0 Å². The van der Waals surface area contributed by atoms with Crippen molar-refractivity contribution in [3.05, 3.63) is 17.8 Å². The van der Waals surface area contributed by atoms with E-state index in [0.29, 0.717) is 0 Å². The van der Waals surface area contributed by atoms with E-state index in [1.807, 2.05) is 0 Å². The number of hydrogen-bond donors (Lipinski definition) is 7. The maximum Gasteiger partial charge on any atom is 0.104 e. The molecule has 15 heavy (non-hydrogen) atoms. The van der Waals surface area contributed by atoms with Crippen molar-refractivity contribution in [3.63, 3.8) is 0 Å². The lowest BCUT2D eigenvalue weighted by atomic mass is 10.1. The molecule has 0 amide bonds. The van der Waals surface area contributed by atoms with Gasteiger partial charge in [-0.1, -0.05) is 0 Å². The molecule has 8 nitrogen and oxygen atoms in total. The first-order valence-corrected chi connectivity index (χ1v) is 3.83. The second-order valence-corrected chi connectivity index (χ2v) is 2.72. The molecular weight excluding hydrogens is 212 g/mol. The molecule has 0 aliphatic rings. The standard InChI is InChI=1S/C7H13O8/c8-1-2(9)3(10)4(11)5(12)6(13)7(14)15/h2-4,8-15H,1H2/q-1/p-1/t2-,3-,4+/m1/s1. The summed E-state index contributed by atoms with van der Waals surface area (Å²) in [6, 6.07) is 0. The Morgan fingerprint density at radius 3 is 2.00 bits per heavy atom. The lowest BCUT2D eigenvalue weighted by Gasteiger charge is -2.33. The van der Waals surface area contributed by atoms with Crippen LogP contribution in [0.3, 0.4) is 0 Å². The summed E-state index contributed by atoms with van der Waals surface area (Å²) >= 11 is 0. The highest BCUT2D eigenvalue weighted by molar-refractivity contribution is 5.12. The molecule has 0 saturated carbocycles. The summed E-state index contributed by atoms with van der Waals surface area (Å²) in [6.07, 6.45) is -7.81. The van der Waals surface area contributed by atoms with Crippen LogP contribution in [0.2, 0.25) is 0 Å². The first-order valence-electron chi connectivity index (χ1n) is 3.83. The van der Waals surface area contributed by atoms with Crippen molar-refractivity contribution in [2.24, 2.45) is 0 Å². The zero-order valence-electron chi connectivity index (χ0n) is 7.48. The molecule has 90 valence electrons. The summed E-state index contributed by atoms with van der Waals surface area (Å²) in [5.74, 6) is -3.14. The normalized spacial score (nSPS) is 19.1. The third kappa shape index (κ3) is 3.55. The Labute approximate surface area is 84.6 Å². The van der Waals surface area contributed by atoms with Gasteiger partial charge in [0.05, 0.1) is 18.8 Å². The van der Waals surface area contributed by atoms with Crippen molar-refractivity contribution in [2.45, 2.75) is 18.3 Å². The molecule has 0 radical (unpaired) electrons. The molecule has 0 bridgehead atoms. The van der Waals surface area contributed by atoms with Crippen LogP contribution in [0.5, 0.6) is 0 Å². The molecule has 0 fully saturated rings. The fourth-order valence-electron chi connectivity index (χ4n) is 0.729. The van der Waals surface area contributed by atoms with E-state index in [9.17, 15) is 5.11 Å². The second kappa shape index (κ2) is 5.75. The second-order valence-electron chi connectivity index (χ2n) is 2.72. The average Bonchev–Trinajstić information content (AvgIpc) is 2.23. The molecule has 0 spiro atoms. The van der Waals surface area contributed by atoms with Crippen LogP contribution in [0.25, 0.3) is 0 Å². The molecule has 3 atom stereocenters. The molecule has 7 N–H and O–H groups in total. The van der Waals surface area contributed by atoms with Gasteiger partial charge in [-0.3, -0.25) is 0 Å². The molecule has 0 aliphatic carbocycles. The van der Waals surface area contributed by atoms with Crippen molar-refractivity contribution >= 4 is 0 Å². The Kier molecular flexibility index (Phi) is 5.36. The number of aliphatic hydroxyl groups is 7. The van der Waals surface area contributed by atoms with Crippen LogP contribution in [0.1, 0.15) is 0 Å². The number of rotatable bonds is 5. The molecular formula is C7H12O8-2. The van der Waals surface area contributed by atoms with Gasteiger partial charge in [-0.05, 0) is 5.76 Å². The van der Waals surface area contributed by atoms with Crippen molar-refractivity contribution in [2.75, 3.05) is 6.61 Å². The van der Waals surface area contributed by atoms with Gasteiger partial charge >= 0.3 is 0 Å². The van der Waals surface area contributed by atoms with Crippen LogP contribution in [0.4, 0.5) is 0 Å². The highest BCUT2D eigenvalue weighted by atomic mass is 16.5. The van der Waals surface area contributed by atoms with Gasteiger partial charge < -0.3 is 40.9 Å². The van der Waals surface area contributed by atoms with Crippen molar-refractivity contribution in [1.29, 1.82) is 0 Å². The first-order chi connectivity index (χ1) is 6.82. The lowest BCUT2D eigenvalue weighted by molar-refractivity contribution is -0.325. The van der Waals surface area contributed by atoms with E-state index in [1.165, 1.54) is 0 Å². The Morgan fingerprint density at radius 2 is 1.67 bits per heavy atom. The maximum atomic E-state index is 10.7. The first kappa shape index (κ1) is 14.0. The van der Waals surface area contributed by atoms with Gasteiger partial charge in [0, 0.05) is 6.29 Å². The van der Waals surface area contributed by atoms with Gasteiger partial charge in [0.25, 0.3) is 0 Å². The van der Waals surface area contributed by atoms with Crippen LogP contribution < -0.4 is 5.11 Å². The van der Waals surface area contributed by atoms with Gasteiger partial charge in [-0.15, -0.1) is 0 Å². The highest BCUT2D eigenvalue weighted by Crippen LogP contribution is 2.13. The largest absolute Gasteiger partial charge is 0.894 e. The number of hydrogen-bond acceptors (Lipinski definition) is 8. The van der Waals surface area contributed by atoms with Crippen LogP contribution in [0.15, 0.2) is 11.5 Å².